The summed E-state index contributed by atoms with van der Waals surface area (Å²) >= 11 is 6.08. The van der Waals surface area contributed by atoms with Crippen LogP contribution in [0.15, 0.2) is 18.3 Å². The Morgan fingerprint density at radius 2 is 2.29 bits per heavy atom. The molecule has 0 aromatic carbocycles. The lowest BCUT2D eigenvalue weighted by Crippen LogP contribution is -2.40. The molecular weight excluding hydrogens is 288 g/mol. The predicted octanol–water partition coefficient (Wildman–Crippen LogP) is 4.07. The Bertz CT molecular complexity index is 499. The van der Waals surface area contributed by atoms with Crippen molar-refractivity contribution in [1.82, 2.24) is 9.88 Å². The molecule has 1 aliphatic heterocycles. The van der Waals surface area contributed by atoms with Gasteiger partial charge in [0, 0.05) is 18.8 Å². The largest absolute Gasteiger partial charge is 0.444 e. The van der Waals surface area contributed by atoms with E-state index in [2.05, 4.69) is 4.98 Å². The lowest BCUT2D eigenvalue weighted by molar-refractivity contribution is 0.0220. The average molecular weight is 311 g/mol. The van der Waals surface area contributed by atoms with E-state index in [1.165, 1.54) is 0 Å². The first kappa shape index (κ1) is 16.1. The molecule has 0 bridgehead atoms. The van der Waals surface area contributed by atoms with Crippen LogP contribution in [0.2, 0.25) is 5.15 Å². The van der Waals surface area contributed by atoms with Crippen molar-refractivity contribution >= 4 is 17.7 Å². The summed E-state index contributed by atoms with van der Waals surface area (Å²) in [6.07, 6.45) is 5.26. The number of hydrogen-bond acceptors (Lipinski definition) is 3. The molecule has 1 saturated heterocycles. The number of aromatic nitrogens is 1. The number of carbonyl (C=O) groups excluding carboxylic acids is 1. The summed E-state index contributed by atoms with van der Waals surface area (Å²) in [6, 6.07) is 4.11. The van der Waals surface area contributed by atoms with Crippen molar-refractivity contribution in [2.45, 2.75) is 58.1 Å². The molecule has 1 aliphatic rings. The zero-order valence-corrected chi connectivity index (χ0v) is 13.7. The Morgan fingerprint density at radius 1 is 1.52 bits per heavy atom. The van der Waals surface area contributed by atoms with Gasteiger partial charge in [-0.05, 0) is 58.1 Å². The van der Waals surface area contributed by atoms with Crippen molar-refractivity contribution in [3.05, 3.63) is 29.0 Å². The van der Waals surface area contributed by atoms with Gasteiger partial charge in [0.2, 0.25) is 0 Å². The van der Waals surface area contributed by atoms with Crippen LogP contribution in [0.1, 0.15) is 45.6 Å². The summed E-state index contributed by atoms with van der Waals surface area (Å²) < 4.78 is 5.48. The Morgan fingerprint density at radius 3 is 2.95 bits per heavy atom. The number of halogens is 1. The van der Waals surface area contributed by atoms with Crippen molar-refractivity contribution < 1.29 is 9.53 Å². The quantitative estimate of drug-likeness (QED) is 0.790. The van der Waals surface area contributed by atoms with Crippen LogP contribution in [0.3, 0.4) is 0 Å². The Labute approximate surface area is 131 Å². The van der Waals surface area contributed by atoms with E-state index in [9.17, 15) is 4.79 Å². The molecule has 5 heteroatoms. The average Bonchev–Trinajstić information content (AvgIpc) is 2.84. The topological polar surface area (TPSA) is 42.4 Å². The van der Waals surface area contributed by atoms with Crippen molar-refractivity contribution in [1.29, 1.82) is 0 Å². The number of hydrogen-bond donors (Lipinski definition) is 0. The predicted molar refractivity (Wildman–Crippen MR) is 83.5 cm³/mol. The van der Waals surface area contributed by atoms with Gasteiger partial charge in [0.25, 0.3) is 0 Å². The molecular formula is C16H23ClN2O2. The molecule has 1 atom stereocenters. The smallest absolute Gasteiger partial charge is 0.410 e. The maximum absolute atomic E-state index is 12.2. The molecule has 0 N–H and O–H groups in total. The summed E-state index contributed by atoms with van der Waals surface area (Å²) in [5, 5.41) is 0.555. The molecule has 116 valence electrons. The van der Waals surface area contributed by atoms with Crippen LogP contribution < -0.4 is 0 Å². The van der Waals surface area contributed by atoms with E-state index in [1.54, 1.807) is 6.20 Å². The summed E-state index contributed by atoms with van der Waals surface area (Å²) in [7, 11) is 0. The van der Waals surface area contributed by atoms with Crippen LogP contribution in [0, 0.1) is 0 Å². The first-order valence-corrected chi connectivity index (χ1v) is 7.83. The number of pyridine rings is 1. The standard InChI is InChI=1S/C16H23ClN2O2/c1-16(2,3)21-15(20)19-11-5-7-13(19)9-8-12-6-4-10-18-14(12)17/h4,6,10,13H,5,7-9,11H2,1-3H3. The molecule has 1 aromatic heterocycles. The molecule has 21 heavy (non-hydrogen) atoms. The zero-order chi connectivity index (χ0) is 15.5. The Hall–Kier alpha value is -1.29. The monoisotopic (exact) mass is 310 g/mol. The highest BCUT2D eigenvalue weighted by atomic mass is 35.5. The number of aryl methyl sites for hydroxylation is 1. The zero-order valence-electron chi connectivity index (χ0n) is 12.9. The first-order chi connectivity index (χ1) is 9.87. The number of nitrogens with zero attached hydrogens (tertiary/aromatic N) is 2. The van der Waals surface area contributed by atoms with E-state index in [0.717, 1.165) is 37.8 Å². The van der Waals surface area contributed by atoms with Gasteiger partial charge >= 0.3 is 6.09 Å². The molecule has 0 radical (unpaired) electrons. The van der Waals surface area contributed by atoms with Crippen LogP contribution in [0.25, 0.3) is 0 Å². The normalized spacial score (nSPS) is 18.9. The third-order valence-electron chi connectivity index (χ3n) is 3.59. The van der Waals surface area contributed by atoms with Gasteiger partial charge in [0.15, 0.2) is 0 Å². The van der Waals surface area contributed by atoms with Crippen LogP contribution >= 0.6 is 11.6 Å². The minimum atomic E-state index is -0.448. The van der Waals surface area contributed by atoms with Crippen molar-refractivity contribution in [3.8, 4) is 0 Å². The molecule has 1 amide bonds. The summed E-state index contributed by atoms with van der Waals surface area (Å²) in [5.74, 6) is 0. The Kier molecular flexibility index (Phi) is 5.09. The first-order valence-electron chi connectivity index (χ1n) is 7.46. The van der Waals surface area contributed by atoms with Crippen LogP contribution in [0.5, 0.6) is 0 Å². The summed E-state index contributed by atoms with van der Waals surface area (Å²) in [5.41, 5.74) is 0.590. The van der Waals surface area contributed by atoms with Gasteiger partial charge in [-0.1, -0.05) is 17.7 Å². The molecule has 1 unspecified atom stereocenters. The van der Waals surface area contributed by atoms with Crippen molar-refractivity contribution in [2.75, 3.05) is 6.54 Å². The molecule has 4 nitrogen and oxygen atoms in total. The number of ether oxygens (including phenoxy) is 1. The van der Waals surface area contributed by atoms with E-state index in [1.807, 2.05) is 37.8 Å². The molecule has 0 saturated carbocycles. The van der Waals surface area contributed by atoms with E-state index in [4.69, 9.17) is 16.3 Å². The fourth-order valence-electron chi connectivity index (χ4n) is 2.62. The van der Waals surface area contributed by atoms with Gasteiger partial charge in [0.05, 0.1) is 0 Å². The third kappa shape index (κ3) is 4.60. The highest BCUT2D eigenvalue weighted by molar-refractivity contribution is 6.30. The van der Waals surface area contributed by atoms with Gasteiger partial charge < -0.3 is 9.64 Å². The fourth-order valence-corrected chi connectivity index (χ4v) is 2.84. The molecule has 1 aromatic rings. The highest BCUT2D eigenvalue weighted by Crippen LogP contribution is 2.25. The van der Waals surface area contributed by atoms with Crippen LogP contribution in [-0.2, 0) is 11.2 Å². The van der Waals surface area contributed by atoms with Gasteiger partial charge in [-0.3, -0.25) is 0 Å². The van der Waals surface area contributed by atoms with Crippen LogP contribution in [-0.4, -0.2) is 34.2 Å². The maximum Gasteiger partial charge on any atom is 0.410 e. The third-order valence-corrected chi connectivity index (χ3v) is 3.93. The maximum atomic E-state index is 12.2. The molecule has 2 rings (SSSR count). The van der Waals surface area contributed by atoms with Crippen molar-refractivity contribution in [2.24, 2.45) is 0 Å². The number of rotatable bonds is 3. The summed E-state index contributed by atoms with van der Waals surface area (Å²) in [6.45, 7) is 6.46. The highest BCUT2D eigenvalue weighted by Gasteiger charge is 2.31. The van der Waals surface area contributed by atoms with E-state index >= 15 is 0 Å². The van der Waals surface area contributed by atoms with Gasteiger partial charge in [-0.25, -0.2) is 9.78 Å². The number of amides is 1. The lowest BCUT2D eigenvalue weighted by atomic mass is 10.1. The second-order valence-electron chi connectivity index (χ2n) is 6.46. The van der Waals surface area contributed by atoms with Gasteiger partial charge in [-0.15, -0.1) is 0 Å². The Balaban J connectivity index is 1.93. The van der Waals surface area contributed by atoms with E-state index in [0.29, 0.717) is 5.15 Å². The molecule has 1 fully saturated rings. The van der Waals surface area contributed by atoms with Gasteiger partial charge in [-0.2, -0.15) is 0 Å². The SMILES string of the molecule is CC(C)(C)OC(=O)N1CCCC1CCc1cccnc1Cl. The molecule has 0 aliphatic carbocycles. The van der Waals surface area contributed by atoms with Crippen LogP contribution in [0.4, 0.5) is 4.79 Å². The minimum absolute atomic E-state index is 0.206. The second kappa shape index (κ2) is 6.65. The minimum Gasteiger partial charge on any atom is -0.444 e. The van der Waals surface area contributed by atoms with Gasteiger partial charge in [0.1, 0.15) is 10.8 Å². The molecule has 0 spiro atoms. The van der Waals surface area contributed by atoms with E-state index in [-0.39, 0.29) is 12.1 Å². The summed E-state index contributed by atoms with van der Waals surface area (Å²) in [4.78, 5) is 18.2. The van der Waals surface area contributed by atoms with Crippen molar-refractivity contribution in [3.63, 3.8) is 0 Å². The number of carbonyl (C=O) groups is 1. The number of likely N-dealkylation sites (tertiary alicyclic amines) is 1. The van der Waals surface area contributed by atoms with E-state index < -0.39 is 5.60 Å². The fraction of sp³-hybridized carbons (Fsp3) is 0.625. The second-order valence-corrected chi connectivity index (χ2v) is 6.82. The molecule has 2 heterocycles. The lowest BCUT2D eigenvalue weighted by Gasteiger charge is -2.28.